The highest BCUT2D eigenvalue weighted by molar-refractivity contribution is 6.31. The van der Waals surface area contributed by atoms with E-state index in [1.54, 1.807) is 0 Å². The lowest BCUT2D eigenvalue weighted by atomic mass is 9.84. The summed E-state index contributed by atoms with van der Waals surface area (Å²) >= 11 is 6.15. The van der Waals surface area contributed by atoms with Gasteiger partial charge in [0.15, 0.2) is 0 Å². The standard InChI is InChI=1S/C17H20ClN3/c18-11-3-6-14-13(8-11)20-17(21(14)12-4-5-12)15-9-1-2-10(7-9)16(15)19/h3,6,8-10,12,15-16H,1-2,4-5,7,19H2. The lowest BCUT2D eigenvalue weighted by molar-refractivity contribution is 0.347. The monoisotopic (exact) mass is 301 g/mol. The number of benzene rings is 1. The summed E-state index contributed by atoms with van der Waals surface area (Å²) < 4.78 is 2.48. The van der Waals surface area contributed by atoms with Crippen LogP contribution in [0.3, 0.4) is 0 Å². The van der Waals surface area contributed by atoms with Crippen molar-refractivity contribution in [1.29, 1.82) is 0 Å². The molecule has 1 heterocycles. The van der Waals surface area contributed by atoms with Gasteiger partial charge in [0.05, 0.1) is 11.0 Å². The minimum atomic E-state index is 0.300. The highest BCUT2D eigenvalue weighted by atomic mass is 35.5. The summed E-state index contributed by atoms with van der Waals surface area (Å²) in [6.45, 7) is 0. The molecule has 4 unspecified atom stereocenters. The van der Waals surface area contributed by atoms with E-state index in [2.05, 4.69) is 10.6 Å². The van der Waals surface area contributed by atoms with Crippen LogP contribution in [0.2, 0.25) is 5.02 Å². The van der Waals surface area contributed by atoms with Crippen molar-refractivity contribution in [3.63, 3.8) is 0 Å². The predicted octanol–water partition coefficient (Wildman–Crippen LogP) is 3.87. The number of hydrogen-bond acceptors (Lipinski definition) is 2. The first-order valence-electron chi connectivity index (χ1n) is 8.15. The molecule has 0 saturated heterocycles. The molecule has 2 N–H and O–H groups in total. The Bertz CT molecular complexity index is 716. The largest absolute Gasteiger partial charge is 0.327 e. The minimum Gasteiger partial charge on any atom is -0.327 e. The lowest BCUT2D eigenvalue weighted by Crippen LogP contribution is -2.35. The smallest absolute Gasteiger partial charge is 0.115 e. The van der Waals surface area contributed by atoms with Gasteiger partial charge < -0.3 is 10.3 Å². The maximum absolute atomic E-state index is 6.56. The van der Waals surface area contributed by atoms with Gasteiger partial charge in [-0.1, -0.05) is 11.6 Å². The van der Waals surface area contributed by atoms with E-state index in [1.165, 1.54) is 43.4 Å². The Hall–Kier alpha value is -1.06. The van der Waals surface area contributed by atoms with Crippen LogP contribution in [0.15, 0.2) is 18.2 Å². The van der Waals surface area contributed by atoms with Crippen molar-refractivity contribution < 1.29 is 0 Å². The van der Waals surface area contributed by atoms with Crippen molar-refractivity contribution in [3.8, 4) is 0 Å². The SMILES string of the molecule is NC1C2CCC(C2)C1c1nc2cc(Cl)ccc2n1C1CC1. The summed E-state index contributed by atoms with van der Waals surface area (Å²) in [6, 6.07) is 7.05. The number of halogens is 1. The number of hydrogen-bond donors (Lipinski definition) is 1. The first-order valence-corrected chi connectivity index (χ1v) is 8.53. The van der Waals surface area contributed by atoms with Crippen molar-refractivity contribution in [2.45, 2.75) is 50.1 Å². The molecule has 1 aromatic carbocycles. The maximum atomic E-state index is 6.56. The van der Waals surface area contributed by atoms with Crippen molar-refractivity contribution in [3.05, 3.63) is 29.0 Å². The van der Waals surface area contributed by atoms with Gasteiger partial charge in [0, 0.05) is 23.0 Å². The third kappa shape index (κ3) is 1.74. The zero-order chi connectivity index (χ0) is 14.1. The molecule has 0 radical (unpaired) electrons. The maximum Gasteiger partial charge on any atom is 0.115 e. The van der Waals surface area contributed by atoms with E-state index >= 15 is 0 Å². The molecule has 0 aliphatic heterocycles. The third-order valence-corrected chi connectivity index (χ3v) is 6.10. The van der Waals surface area contributed by atoms with E-state index in [9.17, 15) is 0 Å². The number of rotatable bonds is 2. The fourth-order valence-electron chi connectivity index (χ4n) is 4.76. The van der Waals surface area contributed by atoms with Crippen LogP contribution in [-0.2, 0) is 0 Å². The van der Waals surface area contributed by atoms with E-state index in [1.807, 2.05) is 12.1 Å². The molecule has 21 heavy (non-hydrogen) atoms. The Morgan fingerprint density at radius 1 is 1.14 bits per heavy atom. The number of aromatic nitrogens is 2. The fraction of sp³-hybridized carbons (Fsp3) is 0.588. The molecule has 0 spiro atoms. The van der Waals surface area contributed by atoms with Crippen LogP contribution in [0.1, 0.15) is 49.9 Å². The van der Waals surface area contributed by atoms with E-state index in [0.717, 1.165) is 22.4 Å². The highest BCUT2D eigenvalue weighted by Crippen LogP contribution is 2.53. The second kappa shape index (κ2) is 4.23. The minimum absolute atomic E-state index is 0.300. The second-order valence-electron chi connectivity index (χ2n) is 7.14. The van der Waals surface area contributed by atoms with Gasteiger partial charge in [-0.3, -0.25) is 0 Å². The van der Waals surface area contributed by atoms with Crippen LogP contribution in [-0.4, -0.2) is 15.6 Å². The molecular formula is C17H20ClN3. The molecule has 3 fully saturated rings. The van der Waals surface area contributed by atoms with Crippen molar-refractivity contribution in [1.82, 2.24) is 9.55 Å². The van der Waals surface area contributed by atoms with Gasteiger partial charge in [0.25, 0.3) is 0 Å². The molecule has 4 atom stereocenters. The van der Waals surface area contributed by atoms with Gasteiger partial charge in [-0.05, 0) is 62.1 Å². The molecule has 3 aliphatic carbocycles. The summed E-state index contributed by atoms with van der Waals surface area (Å²) in [5.41, 5.74) is 8.84. The van der Waals surface area contributed by atoms with E-state index in [-0.39, 0.29) is 0 Å². The number of nitrogens with zero attached hydrogens (tertiary/aromatic N) is 2. The average Bonchev–Trinajstić information content (AvgIpc) is 2.95. The van der Waals surface area contributed by atoms with Crippen molar-refractivity contribution in [2.24, 2.45) is 17.6 Å². The molecule has 3 saturated carbocycles. The Balaban J connectivity index is 1.70. The molecule has 2 aromatic rings. The van der Waals surface area contributed by atoms with Crippen LogP contribution < -0.4 is 5.73 Å². The molecule has 1 aromatic heterocycles. The second-order valence-corrected chi connectivity index (χ2v) is 7.58. The van der Waals surface area contributed by atoms with Crippen LogP contribution in [0, 0.1) is 11.8 Å². The summed E-state index contributed by atoms with van der Waals surface area (Å²) in [4.78, 5) is 4.98. The zero-order valence-electron chi connectivity index (χ0n) is 12.0. The zero-order valence-corrected chi connectivity index (χ0v) is 12.8. The van der Waals surface area contributed by atoms with E-state index < -0.39 is 0 Å². The van der Waals surface area contributed by atoms with Crippen LogP contribution in [0.4, 0.5) is 0 Å². The van der Waals surface area contributed by atoms with Crippen LogP contribution in [0.25, 0.3) is 11.0 Å². The number of nitrogens with two attached hydrogens (primary N) is 1. The Kier molecular flexibility index (Phi) is 2.52. The quantitative estimate of drug-likeness (QED) is 0.915. The van der Waals surface area contributed by atoms with Crippen LogP contribution >= 0.6 is 11.6 Å². The van der Waals surface area contributed by atoms with Crippen LogP contribution in [0.5, 0.6) is 0 Å². The summed E-state index contributed by atoms with van der Waals surface area (Å²) in [5, 5.41) is 0.770. The van der Waals surface area contributed by atoms with Gasteiger partial charge in [-0.15, -0.1) is 0 Å². The normalized spacial score (nSPS) is 35.0. The third-order valence-electron chi connectivity index (χ3n) is 5.87. The van der Waals surface area contributed by atoms with Gasteiger partial charge in [-0.25, -0.2) is 4.98 Å². The fourth-order valence-corrected chi connectivity index (χ4v) is 4.93. The Labute approximate surface area is 129 Å². The van der Waals surface area contributed by atoms with Crippen molar-refractivity contribution >= 4 is 22.6 Å². The number of fused-ring (bicyclic) bond motifs is 3. The summed E-state index contributed by atoms with van der Waals surface area (Å²) in [5.74, 6) is 3.16. The van der Waals surface area contributed by atoms with Crippen molar-refractivity contribution in [2.75, 3.05) is 0 Å². The Morgan fingerprint density at radius 2 is 1.95 bits per heavy atom. The summed E-state index contributed by atoms with van der Waals surface area (Å²) in [7, 11) is 0. The molecule has 5 rings (SSSR count). The topological polar surface area (TPSA) is 43.8 Å². The highest BCUT2D eigenvalue weighted by Gasteiger charge is 2.49. The first-order chi connectivity index (χ1) is 10.2. The molecular weight excluding hydrogens is 282 g/mol. The van der Waals surface area contributed by atoms with E-state index in [4.69, 9.17) is 22.3 Å². The molecule has 3 aliphatic rings. The first kappa shape index (κ1) is 12.5. The average molecular weight is 302 g/mol. The molecule has 4 heteroatoms. The van der Waals surface area contributed by atoms with E-state index in [0.29, 0.717) is 18.0 Å². The van der Waals surface area contributed by atoms with Gasteiger partial charge in [0.1, 0.15) is 5.82 Å². The molecule has 0 amide bonds. The Morgan fingerprint density at radius 3 is 2.67 bits per heavy atom. The number of imidazole rings is 1. The molecule has 110 valence electrons. The van der Waals surface area contributed by atoms with Gasteiger partial charge in [0.2, 0.25) is 0 Å². The molecule has 3 nitrogen and oxygen atoms in total. The predicted molar refractivity (Wildman–Crippen MR) is 84.6 cm³/mol. The summed E-state index contributed by atoms with van der Waals surface area (Å²) in [6.07, 6.45) is 6.50. The molecule has 2 bridgehead atoms. The van der Waals surface area contributed by atoms with Gasteiger partial charge in [-0.2, -0.15) is 0 Å². The lowest BCUT2D eigenvalue weighted by Gasteiger charge is -2.28. The van der Waals surface area contributed by atoms with Gasteiger partial charge >= 0.3 is 0 Å².